The van der Waals surface area contributed by atoms with Gasteiger partial charge in [-0.15, -0.1) is 0 Å². The maximum atomic E-state index is 6.20. The van der Waals surface area contributed by atoms with Crippen molar-refractivity contribution < 1.29 is 4.74 Å². The van der Waals surface area contributed by atoms with Crippen molar-refractivity contribution in [3.8, 4) is 28.7 Å². The van der Waals surface area contributed by atoms with Crippen LogP contribution in [0.2, 0.25) is 5.02 Å². The molecule has 186 valence electrons. The average Bonchev–Trinajstić information content (AvgIpc) is 3.56. The van der Waals surface area contributed by atoms with Gasteiger partial charge in [-0.3, -0.25) is 4.90 Å². The number of ether oxygens (including phenoxy) is 1. The van der Waals surface area contributed by atoms with E-state index in [1.165, 1.54) is 51.6 Å². The third-order valence-corrected chi connectivity index (χ3v) is 7.57. The molecule has 36 heavy (non-hydrogen) atoms. The van der Waals surface area contributed by atoms with E-state index in [9.17, 15) is 0 Å². The molecule has 2 aromatic carbocycles. The van der Waals surface area contributed by atoms with E-state index in [0.717, 1.165) is 63.7 Å². The van der Waals surface area contributed by atoms with Crippen LogP contribution < -0.4 is 4.74 Å². The molecular formula is C32H35ClN2O. The van der Waals surface area contributed by atoms with Gasteiger partial charge in [-0.05, 0) is 97.9 Å². The van der Waals surface area contributed by atoms with Crippen molar-refractivity contribution >= 4 is 11.6 Å². The van der Waals surface area contributed by atoms with Crippen LogP contribution in [0.25, 0.3) is 11.1 Å². The number of rotatable bonds is 9. The summed E-state index contributed by atoms with van der Waals surface area (Å²) < 4.78 is 6.20. The second-order valence-corrected chi connectivity index (χ2v) is 10.8. The molecule has 0 bridgehead atoms. The molecule has 1 aromatic heterocycles. The highest BCUT2D eigenvalue weighted by atomic mass is 35.5. The van der Waals surface area contributed by atoms with Gasteiger partial charge in [0.15, 0.2) is 0 Å². The number of aromatic nitrogens is 1. The maximum absolute atomic E-state index is 6.20. The molecule has 2 aliphatic carbocycles. The van der Waals surface area contributed by atoms with Crippen LogP contribution in [0.5, 0.6) is 5.75 Å². The zero-order valence-corrected chi connectivity index (χ0v) is 21.9. The fourth-order valence-corrected chi connectivity index (χ4v) is 5.20. The highest BCUT2D eigenvalue weighted by molar-refractivity contribution is 6.30. The fraction of sp³-hybridized carbons (Fsp3) is 0.406. The molecule has 0 unspecified atom stereocenters. The Morgan fingerprint density at radius 2 is 1.61 bits per heavy atom. The van der Waals surface area contributed by atoms with Crippen LogP contribution in [0.4, 0.5) is 0 Å². The molecule has 2 aliphatic rings. The summed E-state index contributed by atoms with van der Waals surface area (Å²) >= 11 is 5.98. The Morgan fingerprint density at radius 3 is 2.28 bits per heavy atom. The predicted octanol–water partition coefficient (Wildman–Crippen LogP) is 7.39. The Labute approximate surface area is 220 Å². The van der Waals surface area contributed by atoms with Gasteiger partial charge in [-0.2, -0.15) is 0 Å². The third kappa shape index (κ3) is 7.12. The largest absolute Gasteiger partial charge is 0.492 e. The Bertz CT molecular complexity index is 1200. The minimum absolute atomic E-state index is 0.732. The van der Waals surface area contributed by atoms with Gasteiger partial charge in [-0.1, -0.05) is 48.6 Å². The quantitative estimate of drug-likeness (QED) is 0.287. The van der Waals surface area contributed by atoms with Crippen molar-refractivity contribution in [2.75, 3.05) is 26.2 Å². The van der Waals surface area contributed by atoms with Crippen LogP contribution in [-0.4, -0.2) is 36.1 Å². The third-order valence-electron chi connectivity index (χ3n) is 7.32. The van der Waals surface area contributed by atoms with Gasteiger partial charge in [0.25, 0.3) is 0 Å². The van der Waals surface area contributed by atoms with Crippen LogP contribution in [0, 0.1) is 30.6 Å². The van der Waals surface area contributed by atoms with Gasteiger partial charge in [-0.25, -0.2) is 4.98 Å². The normalized spacial score (nSPS) is 15.6. The number of benzene rings is 2. The Balaban J connectivity index is 1.15. The lowest BCUT2D eigenvalue weighted by atomic mass is 10.1. The summed E-state index contributed by atoms with van der Waals surface area (Å²) in [5.74, 6) is 9.20. The Kier molecular flexibility index (Phi) is 8.26. The molecule has 0 saturated heterocycles. The standard InChI is InChI=1S/C32H35ClN2O/c1-24-20-25(8-15-31-16-12-29(21-34-31)28-10-13-30(33)14-11-28)9-17-32(24)36-19-18-35(23-27-6-7-27)22-26-4-2-3-5-26/h9-14,16-17,20-21,26-27H,2-7,18-19,22-23H2,1H3. The topological polar surface area (TPSA) is 25.4 Å². The van der Waals surface area contributed by atoms with Crippen molar-refractivity contribution in [1.29, 1.82) is 0 Å². The second-order valence-electron chi connectivity index (χ2n) is 10.4. The van der Waals surface area contributed by atoms with Gasteiger partial charge in [0, 0.05) is 42.0 Å². The molecule has 4 heteroatoms. The molecule has 5 rings (SSSR count). The fourth-order valence-electron chi connectivity index (χ4n) is 5.07. The first-order valence-electron chi connectivity index (χ1n) is 13.3. The summed E-state index contributed by atoms with van der Waals surface area (Å²) in [6.07, 6.45) is 10.3. The van der Waals surface area contributed by atoms with E-state index in [0.29, 0.717) is 0 Å². The highest BCUT2D eigenvalue weighted by Gasteiger charge is 2.26. The molecule has 3 aromatic rings. The van der Waals surface area contributed by atoms with E-state index >= 15 is 0 Å². The van der Waals surface area contributed by atoms with E-state index in [4.69, 9.17) is 16.3 Å². The van der Waals surface area contributed by atoms with Crippen LogP contribution in [0.3, 0.4) is 0 Å². The van der Waals surface area contributed by atoms with Crippen molar-refractivity contribution in [3.63, 3.8) is 0 Å². The lowest BCUT2D eigenvalue weighted by molar-refractivity contribution is 0.179. The van der Waals surface area contributed by atoms with Crippen LogP contribution in [-0.2, 0) is 0 Å². The van der Waals surface area contributed by atoms with Gasteiger partial charge >= 0.3 is 0 Å². The van der Waals surface area contributed by atoms with Crippen molar-refractivity contribution in [1.82, 2.24) is 9.88 Å². The molecule has 0 amide bonds. The van der Waals surface area contributed by atoms with E-state index in [2.05, 4.69) is 40.8 Å². The molecule has 2 fully saturated rings. The zero-order valence-electron chi connectivity index (χ0n) is 21.2. The van der Waals surface area contributed by atoms with Crippen LogP contribution in [0.1, 0.15) is 55.3 Å². The van der Waals surface area contributed by atoms with Crippen molar-refractivity contribution in [2.45, 2.75) is 45.4 Å². The summed E-state index contributed by atoms with van der Waals surface area (Å²) in [6.45, 7) is 6.37. The minimum Gasteiger partial charge on any atom is -0.492 e. The lowest BCUT2D eigenvalue weighted by Crippen LogP contribution is -2.34. The first kappa shape index (κ1) is 24.9. The van der Waals surface area contributed by atoms with Crippen molar-refractivity contribution in [3.05, 3.63) is 82.6 Å². The number of nitrogens with zero attached hydrogens (tertiary/aromatic N) is 2. The first-order chi connectivity index (χ1) is 17.6. The molecule has 2 saturated carbocycles. The van der Waals surface area contributed by atoms with E-state index < -0.39 is 0 Å². The van der Waals surface area contributed by atoms with Gasteiger partial charge < -0.3 is 4.74 Å². The van der Waals surface area contributed by atoms with Crippen LogP contribution >= 0.6 is 11.6 Å². The molecule has 3 nitrogen and oxygen atoms in total. The molecule has 0 atom stereocenters. The number of pyridine rings is 1. The summed E-state index contributed by atoms with van der Waals surface area (Å²) in [5.41, 5.74) is 4.99. The molecule has 1 heterocycles. The smallest absolute Gasteiger partial charge is 0.122 e. The molecule has 0 aliphatic heterocycles. The van der Waals surface area contributed by atoms with E-state index in [-0.39, 0.29) is 0 Å². The number of hydrogen-bond donors (Lipinski definition) is 0. The zero-order chi connectivity index (χ0) is 24.7. The average molecular weight is 499 g/mol. The lowest BCUT2D eigenvalue weighted by Gasteiger charge is -2.25. The first-order valence-corrected chi connectivity index (χ1v) is 13.7. The summed E-state index contributed by atoms with van der Waals surface area (Å²) in [4.78, 5) is 7.18. The SMILES string of the molecule is Cc1cc(C#Cc2ccc(-c3ccc(Cl)cc3)cn2)ccc1OCCN(CC1CCCC1)CC1CC1. The maximum Gasteiger partial charge on any atom is 0.122 e. The number of hydrogen-bond acceptors (Lipinski definition) is 3. The Hall–Kier alpha value is -2.80. The number of halogens is 1. The number of aryl methyl sites for hydroxylation is 1. The molecular weight excluding hydrogens is 464 g/mol. The van der Waals surface area contributed by atoms with E-state index in [1.54, 1.807) is 0 Å². The minimum atomic E-state index is 0.732. The summed E-state index contributed by atoms with van der Waals surface area (Å²) in [6, 6.07) is 18.0. The van der Waals surface area contributed by atoms with Crippen LogP contribution in [0.15, 0.2) is 60.8 Å². The Morgan fingerprint density at radius 1 is 0.889 bits per heavy atom. The second kappa shape index (κ2) is 12.0. The molecule has 0 spiro atoms. The monoisotopic (exact) mass is 498 g/mol. The van der Waals surface area contributed by atoms with Crippen molar-refractivity contribution in [2.24, 2.45) is 11.8 Å². The molecule has 0 radical (unpaired) electrons. The predicted molar refractivity (Wildman–Crippen MR) is 148 cm³/mol. The van der Waals surface area contributed by atoms with Gasteiger partial charge in [0.2, 0.25) is 0 Å². The highest BCUT2D eigenvalue weighted by Crippen LogP contribution is 2.31. The summed E-state index contributed by atoms with van der Waals surface area (Å²) in [5, 5.41) is 0.732. The summed E-state index contributed by atoms with van der Waals surface area (Å²) in [7, 11) is 0. The van der Waals surface area contributed by atoms with E-state index in [1.807, 2.05) is 48.7 Å². The molecule has 0 N–H and O–H groups in total. The van der Waals surface area contributed by atoms with Gasteiger partial charge in [0.05, 0.1) is 0 Å². The van der Waals surface area contributed by atoms with Gasteiger partial charge in [0.1, 0.15) is 18.1 Å².